The lowest BCUT2D eigenvalue weighted by Crippen LogP contribution is -2.20. The molecule has 0 spiro atoms. The van der Waals surface area contributed by atoms with Gasteiger partial charge in [-0.2, -0.15) is 0 Å². The molecule has 0 aliphatic heterocycles. The predicted molar refractivity (Wildman–Crippen MR) is 52.0 cm³/mol. The summed E-state index contributed by atoms with van der Waals surface area (Å²) in [7, 11) is 0. The Morgan fingerprint density at radius 1 is 1.62 bits per heavy atom. The summed E-state index contributed by atoms with van der Waals surface area (Å²) in [4.78, 5) is 10.5. The SMILES string of the molecule is Cc1ccc(Br)c(NC(N)=O)c1F. The first-order chi connectivity index (χ1) is 6.02. The van der Waals surface area contributed by atoms with Crippen molar-refractivity contribution in [2.75, 3.05) is 5.32 Å². The zero-order valence-electron chi connectivity index (χ0n) is 6.90. The second-order valence-corrected chi connectivity index (χ2v) is 3.40. The van der Waals surface area contributed by atoms with Crippen molar-refractivity contribution in [3.63, 3.8) is 0 Å². The standard InChI is InChI=1S/C8H8BrFN2O/c1-4-2-3-5(9)7(6(4)10)12-8(11)13/h2-3H,1H3,(H3,11,12,13). The van der Waals surface area contributed by atoms with Gasteiger partial charge in [-0.05, 0) is 34.5 Å². The maximum absolute atomic E-state index is 13.3. The lowest BCUT2D eigenvalue weighted by molar-refractivity contribution is 0.259. The highest BCUT2D eigenvalue weighted by Gasteiger charge is 2.10. The van der Waals surface area contributed by atoms with Crippen molar-refractivity contribution < 1.29 is 9.18 Å². The van der Waals surface area contributed by atoms with E-state index in [0.29, 0.717) is 10.0 Å². The van der Waals surface area contributed by atoms with Gasteiger partial charge in [-0.3, -0.25) is 0 Å². The van der Waals surface area contributed by atoms with Gasteiger partial charge in [0.05, 0.1) is 5.69 Å². The van der Waals surface area contributed by atoms with Gasteiger partial charge >= 0.3 is 6.03 Å². The van der Waals surface area contributed by atoms with Gasteiger partial charge in [-0.1, -0.05) is 6.07 Å². The molecule has 0 atom stereocenters. The van der Waals surface area contributed by atoms with Crippen LogP contribution in [0.5, 0.6) is 0 Å². The van der Waals surface area contributed by atoms with Gasteiger partial charge in [-0.25, -0.2) is 9.18 Å². The first-order valence-corrected chi connectivity index (χ1v) is 4.32. The molecule has 2 amide bonds. The molecule has 3 N–H and O–H groups in total. The number of hydrogen-bond acceptors (Lipinski definition) is 1. The largest absolute Gasteiger partial charge is 0.351 e. The second kappa shape index (κ2) is 3.74. The number of nitrogens with one attached hydrogen (secondary N) is 1. The highest BCUT2D eigenvalue weighted by molar-refractivity contribution is 9.10. The molecule has 0 aliphatic carbocycles. The summed E-state index contributed by atoms with van der Waals surface area (Å²) in [6.45, 7) is 1.61. The van der Waals surface area contributed by atoms with E-state index in [9.17, 15) is 9.18 Å². The Bertz CT molecular complexity index is 354. The summed E-state index contributed by atoms with van der Waals surface area (Å²) in [5.41, 5.74) is 5.40. The van der Waals surface area contributed by atoms with E-state index >= 15 is 0 Å². The first-order valence-electron chi connectivity index (χ1n) is 3.53. The van der Waals surface area contributed by atoms with Crippen LogP contribution < -0.4 is 11.1 Å². The topological polar surface area (TPSA) is 55.1 Å². The molecule has 70 valence electrons. The molecule has 1 aromatic carbocycles. The second-order valence-electron chi connectivity index (χ2n) is 2.54. The molecule has 0 unspecified atom stereocenters. The number of benzene rings is 1. The molecule has 0 radical (unpaired) electrons. The molecule has 0 aliphatic rings. The summed E-state index contributed by atoms with van der Waals surface area (Å²) in [6, 6.07) is 2.46. The molecule has 0 saturated carbocycles. The van der Waals surface area contributed by atoms with E-state index in [-0.39, 0.29) is 5.69 Å². The molecule has 3 nitrogen and oxygen atoms in total. The molecule has 0 fully saturated rings. The molecule has 0 saturated heterocycles. The number of aryl methyl sites for hydroxylation is 1. The summed E-state index contributed by atoms with van der Waals surface area (Å²) in [5, 5.41) is 2.20. The van der Waals surface area contributed by atoms with Crippen LogP contribution in [0.2, 0.25) is 0 Å². The van der Waals surface area contributed by atoms with Gasteiger partial charge in [0.15, 0.2) is 5.82 Å². The number of anilines is 1. The van der Waals surface area contributed by atoms with Gasteiger partial charge in [0.1, 0.15) is 0 Å². The van der Waals surface area contributed by atoms with Crippen molar-refractivity contribution in [1.82, 2.24) is 0 Å². The molecule has 5 heteroatoms. The van der Waals surface area contributed by atoms with Crippen LogP contribution in [0, 0.1) is 12.7 Å². The van der Waals surface area contributed by atoms with Crippen LogP contribution in [0.3, 0.4) is 0 Å². The number of hydrogen-bond donors (Lipinski definition) is 2. The van der Waals surface area contributed by atoms with Crippen LogP contribution in [-0.2, 0) is 0 Å². The fourth-order valence-corrected chi connectivity index (χ4v) is 1.30. The Morgan fingerprint density at radius 3 is 2.77 bits per heavy atom. The molecule has 0 bridgehead atoms. The number of rotatable bonds is 1. The fourth-order valence-electron chi connectivity index (χ4n) is 0.894. The minimum absolute atomic E-state index is 0.0764. The van der Waals surface area contributed by atoms with Gasteiger partial charge in [0, 0.05) is 4.47 Å². The highest BCUT2D eigenvalue weighted by Crippen LogP contribution is 2.27. The van der Waals surface area contributed by atoms with Gasteiger partial charge in [0.2, 0.25) is 0 Å². The summed E-state index contributed by atoms with van der Waals surface area (Å²) < 4.78 is 13.8. The molecule has 0 heterocycles. The quantitative estimate of drug-likeness (QED) is 0.786. The van der Waals surface area contributed by atoms with E-state index < -0.39 is 11.8 Å². The van der Waals surface area contributed by atoms with E-state index in [4.69, 9.17) is 5.73 Å². The summed E-state index contributed by atoms with van der Waals surface area (Å²) in [6.07, 6.45) is 0. The van der Waals surface area contributed by atoms with Crippen molar-refractivity contribution in [1.29, 1.82) is 0 Å². The van der Waals surface area contributed by atoms with E-state index in [0.717, 1.165) is 0 Å². The van der Waals surface area contributed by atoms with E-state index in [2.05, 4.69) is 21.2 Å². The van der Waals surface area contributed by atoms with Crippen LogP contribution in [0.25, 0.3) is 0 Å². The van der Waals surface area contributed by atoms with Crippen molar-refractivity contribution in [2.24, 2.45) is 5.73 Å². The van der Waals surface area contributed by atoms with Crippen LogP contribution in [-0.4, -0.2) is 6.03 Å². The summed E-state index contributed by atoms with van der Waals surface area (Å²) in [5.74, 6) is -0.479. The number of primary amides is 1. The number of nitrogens with two attached hydrogens (primary N) is 1. The number of amides is 2. The fraction of sp³-hybridized carbons (Fsp3) is 0.125. The third-order valence-corrected chi connectivity index (χ3v) is 2.19. The molecular weight excluding hydrogens is 239 g/mol. The van der Waals surface area contributed by atoms with E-state index in [1.807, 2.05) is 0 Å². The Hall–Kier alpha value is -1.10. The van der Waals surface area contributed by atoms with Crippen molar-refractivity contribution >= 4 is 27.6 Å². The zero-order valence-corrected chi connectivity index (χ0v) is 8.48. The van der Waals surface area contributed by atoms with E-state index in [1.54, 1.807) is 19.1 Å². The Morgan fingerprint density at radius 2 is 2.23 bits per heavy atom. The average Bonchev–Trinajstić information content (AvgIpc) is 2.05. The minimum atomic E-state index is -0.787. The number of carbonyl (C=O) groups excluding carboxylic acids is 1. The van der Waals surface area contributed by atoms with Crippen LogP contribution >= 0.6 is 15.9 Å². The van der Waals surface area contributed by atoms with E-state index in [1.165, 1.54) is 0 Å². The van der Waals surface area contributed by atoms with Gasteiger partial charge in [-0.15, -0.1) is 0 Å². The molecule has 13 heavy (non-hydrogen) atoms. The zero-order chi connectivity index (χ0) is 10.0. The average molecular weight is 247 g/mol. The van der Waals surface area contributed by atoms with Crippen LogP contribution in [0.4, 0.5) is 14.9 Å². The normalized spacial score (nSPS) is 9.77. The third kappa shape index (κ3) is 2.18. The Kier molecular flexibility index (Phi) is 2.87. The lowest BCUT2D eigenvalue weighted by Gasteiger charge is -2.07. The molecule has 1 aromatic rings. The van der Waals surface area contributed by atoms with Crippen LogP contribution in [0.1, 0.15) is 5.56 Å². The number of halogens is 2. The number of carbonyl (C=O) groups is 1. The third-order valence-electron chi connectivity index (χ3n) is 1.53. The molecule has 1 rings (SSSR count). The number of urea groups is 1. The lowest BCUT2D eigenvalue weighted by atomic mass is 10.2. The van der Waals surface area contributed by atoms with Crippen molar-refractivity contribution in [3.8, 4) is 0 Å². The molecule has 0 aromatic heterocycles. The Balaban J connectivity index is 3.17. The smallest absolute Gasteiger partial charge is 0.316 e. The first kappa shape index (κ1) is 9.98. The van der Waals surface area contributed by atoms with Gasteiger partial charge < -0.3 is 11.1 Å². The van der Waals surface area contributed by atoms with Crippen molar-refractivity contribution in [3.05, 3.63) is 28.0 Å². The molecular formula is C8H8BrFN2O. The minimum Gasteiger partial charge on any atom is -0.351 e. The van der Waals surface area contributed by atoms with Gasteiger partial charge in [0.25, 0.3) is 0 Å². The summed E-state index contributed by atoms with van der Waals surface area (Å²) >= 11 is 3.10. The Labute approximate surface area is 83.2 Å². The highest BCUT2D eigenvalue weighted by atomic mass is 79.9. The van der Waals surface area contributed by atoms with Crippen LogP contribution in [0.15, 0.2) is 16.6 Å². The monoisotopic (exact) mass is 246 g/mol. The maximum atomic E-state index is 13.3. The predicted octanol–water partition coefficient (Wildman–Crippen LogP) is 2.39. The maximum Gasteiger partial charge on any atom is 0.316 e. The van der Waals surface area contributed by atoms with Crippen molar-refractivity contribution in [2.45, 2.75) is 6.92 Å².